The van der Waals surface area contributed by atoms with Crippen LogP contribution in [0.3, 0.4) is 0 Å². The minimum atomic E-state index is -0.526. The molecule has 1 saturated heterocycles. The van der Waals surface area contributed by atoms with E-state index in [1.54, 1.807) is 18.2 Å². The number of nitrogens with one attached hydrogen (secondary N) is 2. The van der Waals surface area contributed by atoms with Crippen LogP contribution in [0.15, 0.2) is 35.6 Å². The summed E-state index contributed by atoms with van der Waals surface area (Å²) in [4.78, 5) is 32.8. The van der Waals surface area contributed by atoms with Gasteiger partial charge in [-0.1, -0.05) is 6.07 Å². The Kier molecular flexibility index (Phi) is 6.51. The second-order valence-corrected chi connectivity index (χ2v) is 8.88. The molecule has 0 spiro atoms. The number of anilines is 1. The summed E-state index contributed by atoms with van der Waals surface area (Å²) < 4.78 is 5.93. The SMILES string of the molecule is CN1CCCNc2ncnc3[nH]c(O)c(c23)C=Nc2cccc(c2)OCCN2C[C@H](O)C[C@@H]2C1=O. The van der Waals surface area contributed by atoms with E-state index in [1.807, 2.05) is 29.2 Å². The molecular weight excluding hydrogens is 450 g/mol. The number of ether oxygens (including phenoxy) is 1. The van der Waals surface area contributed by atoms with Gasteiger partial charge < -0.3 is 30.2 Å². The number of aromatic amines is 1. The van der Waals surface area contributed by atoms with Crippen LogP contribution in [0.25, 0.3) is 11.0 Å². The molecule has 2 atom stereocenters. The number of aromatic hydroxyl groups is 1. The predicted octanol–water partition coefficient (Wildman–Crippen LogP) is 1.50. The molecule has 35 heavy (non-hydrogen) atoms. The number of hydrogen-bond donors (Lipinski definition) is 4. The molecule has 0 aliphatic carbocycles. The number of benzene rings is 1. The molecule has 0 radical (unpaired) electrons. The molecule has 3 aromatic rings. The average molecular weight is 480 g/mol. The minimum Gasteiger partial charge on any atom is -0.494 e. The second-order valence-electron chi connectivity index (χ2n) is 8.88. The highest BCUT2D eigenvalue weighted by Crippen LogP contribution is 2.30. The third kappa shape index (κ3) is 4.91. The first-order valence-corrected chi connectivity index (χ1v) is 11.7. The molecule has 4 N–H and O–H groups in total. The lowest BCUT2D eigenvalue weighted by Gasteiger charge is -2.27. The highest BCUT2D eigenvalue weighted by atomic mass is 16.5. The fourth-order valence-electron chi connectivity index (χ4n) is 4.64. The number of aliphatic hydroxyl groups excluding tert-OH is 1. The summed E-state index contributed by atoms with van der Waals surface area (Å²) in [7, 11) is 1.79. The van der Waals surface area contributed by atoms with Gasteiger partial charge in [0.2, 0.25) is 5.91 Å². The van der Waals surface area contributed by atoms with Crippen molar-refractivity contribution in [1.29, 1.82) is 0 Å². The second kappa shape index (κ2) is 9.88. The molecule has 2 aliphatic heterocycles. The lowest BCUT2D eigenvalue weighted by atomic mass is 10.1. The number of aliphatic hydroxyl groups is 1. The van der Waals surface area contributed by atoms with Crippen LogP contribution in [-0.4, -0.2) is 99.1 Å². The zero-order chi connectivity index (χ0) is 24.4. The zero-order valence-corrected chi connectivity index (χ0v) is 19.5. The van der Waals surface area contributed by atoms with Gasteiger partial charge in [0.25, 0.3) is 0 Å². The Morgan fingerprint density at radius 2 is 2.11 bits per heavy atom. The minimum absolute atomic E-state index is 0.00265. The molecule has 2 aliphatic rings. The van der Waals surface area contributed by atoms with Gasteiger partial charge >= 0.3 is 0 Å². The number of fused-ring (bicyclic) bond motifs is 3. The van der Waals surface area contributed by atoms with Gasteiger partial charge in [-0.2, -0.15) is 0 Å². The first-order chi connectivity index (χ1) is 17.0. The third-order valence-corrected chi connectivity index (χ3v) is 6.42. The van der Waals surface area contributed by atoms with Crippen molar-refractivity contribution in [2.24, 2.45) is 4.99 Å². The van der Waals surface area contributed by atoms with Crippen molar-refractivity contribution in [3.05, 3.63) is 36.2 Å². The van der Waals surface area contributed by atoms with Gasteiger partial charge in [0.05, 0.1) is 28.8 Å². The van der Waals surface area contributed by atoms with Crippen LogP contribution in [0, 0.1) is 0 Å². The van der Waals surface area contributed by atoms with Crippen LogP contribution in [0.1, 0.15) is 18.4 Å². The number of rotatable bonds is 0. The fourth-order valence-corrected chi connectivity index (χ4v) is 4.64. The Hall–Kier alpha value is -3.70. The monoisotopic (exact) mass is 479 g/mol. The van der Waals surface area contributed by atoms with Crippen LogP contribution in [0.4, 0.5) is 11.5 Å². The summed E-state index contributed by atoms with van der Waals surface area (Å²) in [6.45, 7) is 2.47. The topological polar surface area (TPSA) is 139 Å². The van der Waals surface area contributed by atoms with E-state index in [9.17, 15) is 15.0 Å². The summed E-state index contributed by atoms with van der Waals surface area (Å²) in [6.07, 6.45) is 3.59. The number of hydrogen-bond acceptors (Lipinski definition) is 9. The molecule has 1 amide bonds. The van der Waals surface area contributed by atoms with E-state index >= 15 is 0 Å². The Balaban J connectivity index is 1.46. The van der Waals surface area contributed by atoms with Gasteiger partial charge in [-0.3, -0.25) is 14.7 Å². The maximum absolute atomic E-state index is 13.1. The number of aliphatic imine (C=N–C) groups is 1. The number of carbonyl (C=O) groups excluding carboxylic acids is 1. The molecule has 0 unspecified atom stereocenters. The maximum atomic E-state index is 13.1. The van der Waals surface area contributed by atoms with Gasteiger partial charge in [-0.25, -0.2) is 9.97 Å². The van der Waals surface area contributed by atoms with Crippen LogP contribution < -0.4 is 10.1 Å². The Morgan fingerprint density at radius 3 is 3.00 bits per heavy atom. The highest BCUT2D eigenvalue weighted by Gasteiger charge is 2.37. The number of aromatic nitrogens is 3. The van der Waals surface area contributed by atoms with Gasteiger partial charge in [-0.15, -0.1) is 0 Å². The molecular formula is C24H29N7O4. The number of likely N-dealkylation sites (N-methyl/N-ethyl adjacent to an activating group) is 1. The summed E-state index contributed by atoms with van der Waals surface area (Å²) >= 11 is 0. The molecule has 2 aromatic heterocycles. The maximum Gasteiger partial charge on any atom is 0.239 e. The highest BCUT2D eigenvalue weighted by molar-refractivity contribution is 6.06. The summed E-state index contributed by atoms with van der Waals surface area (Å²) in [5.41, 5.74) is 1.64. The Bertz CT molecular complexity index is 1240. The lowest BCUT2D eigenvalue weighted by molar-refractivity contribution is -0.134. The normalized spacial score (nSPS) is 22.1. The van der Waals surface area contributed by atoms with Gasteiger partial charge in [0.1, 0.15) is 30.1 Å². The molecule has 5 rings (SSSR count). The van der Waals surface area contributed by atoms with Gasteiger partial charge in [-0.05, 0) is 25.0 Å². The first-order valence-electron chi connectivity index (χ1n) is 11.7. The van der Waals surface area contributed by atoms with Crippen molar-refractivity contribution in [2.75, 3.05) is 45.2 Å². The quantitative estimate of drug-likeness (QED) is 0.380. The van der Waals surface area contributed by atoms with Crippen molar-refractivity contribution >= 4 is 34.7 Å². The summed E-state index contributed by atoms with van der Waals surface area (Å²) in [6, 6.07) is 6.97. The number of carbonyl (C=O) groups is 1. The summed E-state index contributed by atoms with van der Waals surface area (Å²) in [5.74, 6) is 1.17. The van der Waals surface area contributed by atoms with E-state index < -0.39 is 6.10 Å². The molecule has 1 fully saturated rings. The molecule has 2 bridgehead atoms. The lowest BCUT2D eigenvalue weighted by Crippen LogP contribution is -2.45. The van der Waals surface area contributed by atoms with Gasteiger partial charge in [0, 0.05) is 45.5 Å². The largest absolute Gasteiger partial charge is 0.494 e. The number of amides is 1. The van der Waals surface area contributed by atoms with Crippen molar-refractivity contribution in [3.8, 4) is 11.6 Å². The fraction of sp³-hybridized carbons (Fsp3) is 0.417. The van der Waals surface area contributed by atoms with E-state index in [-0.39, 0.29) is 17.8 Å². The number of nitrogens with zero attached hydrogens (tertiary/aromatic N) is 5. The van der Waals surface area contributed by atoms with E-state index in [0.717, 1.165) is 0 Å². The van der Waals surface area contributed by atoms with Crippen LogP contribution >= 0.6 is 0 Å². The number of H-pyrrole nitrogens is 1. The van der Waals surface area contributed by atoms with Crippen molar-refractivity contribution in [1.82, 2.24) is 24.8 Å². The van der Waals surface area contributed by atoms with E-state index in [0.29, 0.717) is 79.5 Å². The van der Waals surface area contributed by atoms with Crippen LogP contribution in [0.2, 0.25) is 0 Å². The van der Waals surface area contributed by atoms with E-state index in [2.05, 4.69) is 25.3 Å². The third-order valence-electron chi connectivity index (χ3n) is 6.42. The standard InChI is InChI=1S/C24H29N7O4/c1-30-7-3-6-25-21-20-18(23(33)29-22(20)28-14-27-21)12-26-15-4-2-5-17(10-15)35-9-8-31-13-16(32)11-19(31)24(30)34/h2,4-5,10,12,14,16,19,32-33H,3,6-9,11,13H2,1H3,(H2,25,27,28,29)/t16-,19-/m1/s1. The molecule has 11 heteroatoms. The molecule has 184 valence electrons. The van der Waals surface area contributed by atoms with Crippen LogP contribution in [-0.2, 0) is 4.79 Å². The Morgan fingerprint density at radius 1 is 1.23 bits per heavy atom. The van der Waals surface area contributed by atoms with E-state index in [1.165, 1.54) is 6.33 Å². The molecule has 0 saturated carbocycles. The van der Waals surface area contributed by atoms with Crippen LogP contribution in [0.5, 0.6) is 11.6 Å². The van der Waals surface area contributed by atoms with Crippen molar-refractivity contribution < 1.29 is 19.7 Å². The average Bonchev–Trinajstić information content (AvgIpc) is 3.38. The molecule has 1 aromatic carbocycles. The van der Waals surface area contributed by atoms with Crippen molar-refractivity contribution in [2.45, 2.75) is 25.0 Å². The predicted molar refractivity (Wildman–Crippen MR) is 131 cm³/mol. The zero-order valence-electron chi connectivity index (χ0n) is 19.5. The Labute approximate surface area is 202 Å². The van der Waals surface area contributed by atoms with Crippen molar-refractivity contribution in [3.63, 3.8) is 0 Å². The smallest absolute Gasteiger partial charge is 0.239 e. The van der Waals surface area contributed by atoms with E-state index in [4.69, 9.17) is 4.74 Å². The first kappa shape index (κ1) is 23.1. The summed E-state index contributed by atoms with van der Waals surface area (Å²) in [5, 5.41) is 24.6. The molecule has 4 heterocycles. The van der Waals surface area contributed by atoms with Gasteiger partial charge in [0.15, 0.2) is 5.88 Å². The molecule has 11 nitrogen and oxygen atoms in total.